The zero-order valence-corrected chi connectivity index (χ0v) is 8.68. The van der Waals surface area contributed by atoms with Gasteiger partial charge in [-0.15, -0.1) is 0 Å². The van der Waals surface area contributed by atoms with E-state index in [0.29, 0.717) is 11.6 Å². The van der Waals surface area contributed by atoms with Crippen LogP contribution in [0.5, 0.6) is 0 Å². The lowest BCUT2D eigenvalue weighted by Gasteiger charge is -1.99. The first-order chi connectivity index (χ1) is 8.08. The van der Waals surface area contributed by atoms with Crippen LogP contribution in [-0.4, -0.2) is 26.9 Å². The summed E-state index contributed by atoms with van der Waals surface area (Å²) in [5.74, 6) is -3.11. The number of aromatic amines is 1. The molecule has 86 valence electrons. The molecule has 0 aliphatic heterocycles. The SMILES string of the molecule is O=C(O)C(=O)/C=C(\O)c1ccc2[nH]ccc2c1. The Labute approximate surface area is 96.0 Å². The zero-order chi connectivity index (χ0) is 12.4. The molecule has 2 rings (SSSR count). The minimum absolute atomic E-state index is 0.361. The molecule has 1 heterocycles. The topological polar surface area (TPSA) is 90.4 Å². The van der Waals surface area contributed by atoms with Gasteiger partial charge in [-0.2, -0.15) is 0 Å². The first-order valence-corrected chi connectivity index (χ1v) is 4.83. The van der Waals surface area contributed by atoms with Crippen molar-refractivity contribution in [1.29, 1.82) is 0 Å². The minimum Gasteiger partial charge on any atom is -0.507 e. The third-order valence-electron chi connectivity index (χ3n) is 2.33. The van der Waals surface area contributed by atoms with E-state index < -0.39 is 11.8 Å². The number of hydrogen-bond acceptors (Lipinski definition) is 3. The van der Waals surface area contributed by atoms with E-state index in [1.165, 1.54) is 0 Å². The Balaban J connectivity index is 2.39. The monoisotopic (exact) mass is 231 g/mol. The number of carbonyl (C=O) groups is 2. The highest BCUT2D eigenvalue weighted by Gasteiger charge is 2.10. The Morgan fingerprint density at radius 1 is 1.18 bits per heavy atom. The Hall–Kier alpha value is -2.56. The first kappa shape index (κ1) is 10.9. The van der Waals surface area contributed by atoms with E-state index in [4.69, 9.17) is 5.11 Å². The van der Waals surface area contributed by atoms with Crippen LogP contribution in [0.1, 0.15) is 5.56 Å². The van der Waals surface area contributed by atoms with Gasteiger partial charge in [0.15, 0.2) is 0 Å². The van der Waals surface area contributed by atoms with Crippen molar-refractivity contribution in [2.75, 3.05) is 0 Å². The number of aromatic nitrogens is 1. The number of aliphatic hydroxyl groups is 1. The molecule has 5 heteroatoms. The van der Waals surface area contributed by atoms with Crippen molar-refractivity contribution in [3.63, 3.8) is 0 Å². The summed E-state index contributed by atoms with van der Waals surface area (Å²) in [5.41, 5.74) is 1.29. The molecule has 5 nitrogen and oxygen atoms in total. The lowest BCUT2D eigenvalue weighted by atomic mass is 10.1. The summed E-state index contributed by atoms with van der Waals surface area (Å²) in [5, 5.41) is 18.9. The van der Waals surface area contributed by atoms with Gasteiger partial charge in [0, 0.05) is 28.7 Å². The van der Waals surface area contributed by atoms with Crippen molar-refractivity contribution in [3.8, 4) is 0 Å². The average Bonchev–Trinajstić information content (AvgIpc) is 2.75. The lowest BCUT2D eigenvalue weighted by Crippen LogP contribution is -2.09. The number of aliphatic carboxylic acids is 1. The molecule has 0 bridgehead atoms. The second-order valence-electron chi connectivity index (χ2n) is 3.48. The molecule has 0 unspecified atom stereocenters. The van der Waals surface area contributed by atoms with Crippen molar-refractivity contribution < 1.29 is 19.8 Å². The molecule has 0 saturated heterocycles. The Morgan fingerprint density at radius 3 is 2.65 bits per heavy atom. The smallest absolute Gasteiger partial charge is 0.376 e. The molecule has 0 spiro atoms. The van der Waals surface area contributed by atoms with Crippen LogP contribution in [0.4, 0.5) is 0 Å². The Morgan fingerprint density at radius 2 is 1.94 bits per heavy atom. The second kappa shape index (κ2) is 4.13. The molecule has 1 aromatic heterocycles. The zero-order valence-electron chi connectivity index (χ0n) is 8.68. The lowest BCUT2D eigenvalue weighted by molar-refractivity contribution is -0.146. The molecule has 3 N–H and O–H groups in total. The van der Waals surface area contributed by atoms with Gasteiger partial charge >= 0.3 is 5.97 Å². The van der Waals surface area contributed by atoms with Crippen molar-refractivity contribution in [1.82, 2.24) is 4.98 Å². The van der Waals surface area contributed by atoms with Gasteiger partial charge in [0.2, 0.25) is 0 Å². The van der Waals surface area contributed by atoms with Crippen LogP contribution in [0, 0.1) is 0 Å². The molecule has 1 aromatic carbocycles. The number of hydrogen-bond donors (Lipinski definition) is 3. The summed E-state index contributed by atoms with van der Waals surface area (Å²) < 4.78 is 0. The highest BCUT2D eigenvalue weighted by atomic mass is 16.4. The van der Waals surface area contributed by atoms with E-state index in [0.717, 1.165) is 10.9 Å². The van der Waals surface area contributed by atoms with Gasteiger partial charge in [-0.3, -0.25) is 4.79 Å². The van der Waals surface area contributed by atoms with Gasteiger partial charge in [-0.05, 0) is 24.3 Å². The van der Waals surface area contributed by atoms with Crippen LogP contribution < -0.4 is 0 Å². The third-order valence-corrected chi connectivity index (χ3v) is 2.33. The first-order valence-electron chi connectivity index (χ1n) is 4.83. The molecular formula is C12H9NO4. The van der Waals surface area contributed by atoms with Gasteiger partial charge in [-0.25, -0.2) is 4.79 Å². The fourth-order valence-electron chi connectivity index (χ4n) is 1.48. The summed E-state index contributed by atoms with van der Waals surface area (Å²) in [4.78, 5) is 24.2. The van der Waals surface area contributed by atoms with Crippen molar-refractivity contribution >= 4 is 28.4 Å². The maximum atomic E-state index is 10.9. The molecule has 0 aliphatic rings. The predicted molar refractivity (Wildman–Crippen MR) is 61.5 cm³/mol. The maximum absolute atomic E-state index is 10.9. The normalized spacial score (nSPS) is 11.6. The Kier molecular flexibility index (Phi) is 2.66. The summed E-state index contributed by atoms with van der Waals surface area (Å²) in [6.45, 7) is 0. The van der Waals surface area contributed by atoms with Crippen LogP contribution in [0.15, 0.2) is 36.5 Å². The molecular weight excluding hydrogens is 222 g/mol. The van der Waals surface area contributed by atoms with Crippen molar-refractivity contribution in [2.45, 2.75) is 0 Å². The number of rotatable bonds is 3. The number of H-pyrrole nitrogens is 1. The number of carbonyl (C=O) groups excluding carboxylic acids is 1. The van der Waals surface area contributed by atoms with E-state index in [1.807, 2.05) is 6.07 Å². The fraction of sp³-hybridized carbons (Fsp3) is 0. The summed E-state index contributed by atoms with van der Waals surface area (Å²) >= 11 is 0. The largest absolute Gasteiger partial charge is 0.507 e. The van der Waals surface area contributed by atoms with Crippen LogP contribution in [0.25, 0.3) is 16.7 Å². The van der Waals surface area contributed by atoms with E-state index in [1.54, 1.807) is 24.4 Å². The van der Waals surface area contributed by atoms with Crippen LogP contribution in [0.2, 0.25) is 0 Å². The van der Waals surface area contributed by atoms with Crippen LogP contribution >= 0.6 is 0 Å². The van der Waals surface area contributed by atoms with Gasteiger partial charge in [0.1, 0.15) is 5.76 Å². The Bertz CT molecular complexity index is 624. The number of nitrogens with one attached hydrogen (secondary N) is 1. The van der Waals surface area contributed by atoms with Gasteiger partial charge < -0.3 is 15.2 Å². The maximum Gasteiger partial charge on any atom is 0.376 e. The molecule has 17 heavy (non-hydrogen) atoms. The number of benzene rings is 1. The second-order valence-corrected chi connectivity index (χ2v) is 3.48. The molecule has 0 atom stereocenters. The number of carboxylic acids is 1. The summed E-state index contributed by atoms with van der Waals surface area (Å²) in [7, 11) is 0. The minimum atomic E-state index is -1.60. The number of carboxylic acid groups (broad SMARTS) is 1. The highest BCUT2D eigenvalue weighted by Crippen LogP contribution is 2.18. The predicted octanol–water partition coefficient (Wildman–Crippen LogP) is 1.72. The number of fused-ring (bicyclic) bond motifs is 1. The van der Waals surface area contributed by atoms with Gasteiger partial charge in [0.05, 0.1) is 0 Å². The highest BCUT2D eigenvalue weighted by molar-refractivity contribution is 6.38. The molecule has 2 aromatic rings. The molecule has 0 fully saturated rings. The standard InChI is InChI=1S/C12H9NO4/c14-10(6-11(15)12(16)17)8-1-2-9-7(5-8)3-4-13-9/h1-6,13-14H,(H,16,17)/b10-6-. The molecule has 0 saturated carbocycles. The van der Waals surface area contributed by atoms with Crippen LogP contribution in [-0.2, 0) is 9.59 Å². The van der Waals surface area contributed by atoms with E-state index >= 15 is 0 Å². The molecule has 0 radical (unpaired) electrons. The van der Waals surface area contributed by atoms with Crippen LogP contribution in [0.3, 0.4) is 0 Å². The van der Waals surface area contributed by atoms with Gasteiger partial charge in [-0.1, -0.05) is 0 Å². The average molecular weight is 231 g/mol. The van der Waals surface area contributed by atoms with E-state index in [-0.39, 0.29) is 5.76 Å². The third kappa shape index (κ3) is 2.17. The van der Waals surface area contributed by atoms with Gasteiger partial charge in [0.25, 0.3) is 5.78 Å². The van der Waals surface area contributed by atoms with Crippen molar-refractivity contribution in [2.24, 2.45) is 0 Å². The number of aliphatic hydroxyl groups excluding tert-OH is 1. The fourth-order valence-corrected chi connectivity index (χ4v) is 1.48. The van der Waals surface area contributed by atoms with Crippen molar-refractivity contribution in [3.05, 3.63) is 42.1 Å². The quantitative estimate of drug-likeness (QED) is 0.426. The summed E-state index contributed by atoms with van der Waals surface area (Å²) in [6, 6.07) is 6.80. The molecule has 0 aliphatic carbocycles. The number of ketones is 1. The molecule has 0 amide bonds. The van der Waals surface area contributed by atoms with E-state index in [2.05, 4.69) is 4.98 Å². The summed E-state index contributed by atoms with van der Waals surface area (Å²) in [6.07, 6.45) is 2.44. The van der Waals surface area contributed by atoms with E-state index in [9.17, 15) is 14.7 Å².